The standard InChI is InChI=1S/C13H8F4N2O/c14-6-1-2-12(10(17)3-6)19-13(20)7-4-8(15)9(16)5-11(7)18/h1-5H,18H2,(H,19,20). The van der Waals surface area contributed by atoms with Gasteiger partial charge in [-0.1, -0.05) is 0 Å². The molecule has 0 aromatic heterocycles. The number of hydrogen-bond donors (Lipinski definition) is 2. The Balaban J connectivity index is 2.31. The summed E-state index contributed by atoms with van der Waals surface area (Å²) in [6.45, 7) is 0. The molecule has 1 amide bonds. The monoisotopic (exact) mass is 284 g/mol. The van der Waals surface area contributed by atoms with E-state index in [0.717, 1.165) is 12.1 Å². The van der Waals surface area contributed by atoms with Crippen LogP contribution < -0.4 is 11.1 Å². The average Bonchev–Trinajstić information content (AvgIpc) is 2.37. The summed E-state index contributed by atoms with van der Waals surface area (Å²) in [7, 11) is 0. The number of hydrogen-bond acceptors (Lipinski definition) is 2. The van der Waals surface area contributed by atoms with Crippen LogP contribution in [0.3, 0.4) is 0 Å². The van der Waals surface area contributed by atoms with E-state index in [0.29, 0.717) is 18.2 Å². The molecule has 0 aliphatic carbocycles. The summed E-state index contributed by atoms with van der Waals surface area (Å²) in [5, 5.41) is 2.09. The maximum atomic E-state index is 13.4. The second-order valence-electron chi connectivity index (χ2n) is 3.93. The minimum absolute atomic E-state index is 0.302. The van der Waals surface area contributed by atoms with Crippen molar-refractivity contribution in [1.29, 1.82) is 0 Å². The lowest BCUT2D eigenvalue weighted by Gasteiger charge is -2.09. The highest BCUT2D eigenvalue weighted by molar-refractivity contribution is 6.07. The van der Waals surface area contributed by atoms with Gasteiger partial charge in [0.2, 0.25) is 0 Å². The molecule has 3 nitrogen and oxygen atoms in total. The summed E-state index contributed by atoms with van der Waals surface area (Å²) in [6.07, 6.45) is 0. The van der Waals surface area contributed by atoms with Gasteiger partial charge < -0.3 is 11.1 Å². The molecule has 0 spiro atoms. The van der Waals surface area contributed by atoms with Crippen molar-refractivity contribution in [1.82, 2.24) is 0 Å². The summed E-state index contributed by atoms with van der Waals surface area (Å²) in [4.78, 5) is 11.8. The van der Waals surface area contributed by atoms with Crippen LogP contribution in [-0.2, 0) is 0 Å². The fourth-order valence-electron chi connectivity index (χ4n) is 1.54. The van der Waals surface area contributed by atoms with E-state index < -0.39 is 29.2 Å². The predicted molar refractivity (Wildman–Crippen MR) is 65.1 cm³/mol. The van der Waals surface area contributed by atoms with Crippen molar-refractivity contribution in [2.45, 2.75) is 0 Å². The first-order chi connectivity index (χ1) is 9.38. The second kappa shape index (κ2) is 5.20. The number of carbonyl (C=O) groups is 1. The molecule has 0 aliphatic heterocycles. The van der Waals surface area contributed by atoms with Gasteiger partial charge in [0, 0.05) is 17.8 Å². The Morgan fingerprint density at radius 2 is 1.60 bits per heavy atom. The van der Waals surface area contributed by atoms with E-state index in [4.69, 9.17) is 5.73 Å². The highest BCUT2D eigenvalue weighted by Crippen LogP contribution is 2.20. The van der Waals surface area contributed by atoms with Gasteiger partial charge in [-0.2, -0.15) is 0 Å². The zero-order valence-electron chi connectivity index (χ0n) is 9.88. The van der Waals surface area contributed by atoms with Crippen LogP contribution in [0.2, 0.25) is 0 Å². The van der Waals surface area contributed by atoms with Crippen LogP contribution in [0, 0.1) is 23.3 Å². The molecule has 7 heteroatoms. The summed E-state index contributed by atoms with van der Waals surface area (Å²) in [5.41, 5.74) is 4.42. The highest BCUT2D eigenvalue weighted by atomic mass is 19.2. The topological polar surface area (TPSA) is 55.1 Å². The van der Waals surface area contributed by atoms with E-state index in [-0.39, 0.29) is 16.9 Å². The Kier molecular flexibility index (Phi) is 3.60. The zero-order valence-corrected chi connectivity index (χ0v) is 9.88. The zero-order chi connectivity index (χ0) is 14.9. The van der Waals surface area contributed by atoms with Crippen LogP contribution in [0.5, 0.6) is 0 Å². The third-order valence-electron chi connectivity index (χ3n) is 2.52. The van der Waals surface area contributed by atoms with Gasteiger partial charge in [0.1, 0.15) is 11.6 Å². The second-order valence-corrected chi connectivity index (χ2v) is 3.93. The number of carbonyl (C=O) groups excluding carboxylic acids is 1. The largest absolute Gasteiger partial charge is 0.398 e. The summed E-state index contributed by atoms with van der Waals surface area (Å²) in [5.74, 6) is -5.21. The minimum Gasteiger partial charge on any atom is -0.398 e. The molecule has 2 aromatic rings. The van der Waals surface area contributed by atoms with E-state index >= 15 is 0 Å². The first-order valence-corrected chi connectivity index (χ1v) is 5.39. The fraction of sp³-hybridized carbons (Fsp3) is 0. The van der Waals surface area contributed by atoms with E-state index in [1.54, 1.807) is 0 Å². The van der Waals surface area contributed by atoms with Crippen molar-refractivity contribution >= 4 is 17.3 Å². The molecule has 2 aromatic carbocycles. The van der Waals surface area contributed by atoms with Crippen molar-refractivity contribution in [2.24, 2.45) is 0 Å². The number of rotatable bonds is 2. The Morgan fingerprint density at radius 3 is 2.25 bits per heavy atom. The number of benzene rings is 2. The van der Waals surface area contributed by atoms with Crippen molar-refractivity contribution in [3.8, 4) is 0 Å². The molecule has 0 fully saturated rings. The maximum absolute atomic E-state index is 13.4. The first kappa shape index (κ1) is 13.9. The van der Waals surface area contributed by atoms with Crippen molar-refractivity contribution < 1.29 is 22.4 Å². The van der Waals surface area contributed by atoms with Crippen molar-refractivity contribution in [3.63, 3.8) is 0 Å². The van der Waals surface area contributed by atoms with E-state index in [1.807, 2.05) is 0 Å². The van der Waals surface area contributed by atoms with Gasteiger partial charge in [0.15, 0.2) is 11.6 Å². The minimum atomic E-state index is -1.26. The molecular weight excluding hydrogens is 276 g/mol. The predicted octanol–water partition coefficient (Wildman–Crippen LogP) is 3.08. The van der Waals surface area contributed by atoms with Crippen molar-refractivity contribution in [2.75, 3.05) is 11.1 Å². The fourth-order valence-corrected chi connectivity index (χ4v) is 1.54. The molecule has 0 heterocycles. The van der Waals surface area contributed by atoms with Crippen molar-refractivity contribution in [3.05, 3.63) is 59.2 Å². The Bertz CT molecular complexity index is 688. The number of anilines is 2. The van der Waals surface area contributed by atoms with Gasteiger partial charge in [0.05, 0.1) is 11.3 Å². The van der Waals surface area contributed by atoms with Crippen LogP contribution in [-0.4, -0.2) is 5.91 Å². The van der Waals surface area contributed by atoms with Crippen LogP contribution >= 0.6 is 0 Å². The molecule has 0 saturated carbocycles. The summed E-state index contributed by atoms with van der Waals surface area (Å²) < 4.78 is 52.0. The molecule has 104 valence electrons. The highest BCUT2D eigenvalue weighted by Gasteiger charge is 2.16. The van der Waals surface area contributed by atoms with Gasteiger partial charge in [-0.05, 0) is 18.2 Å². The van der Waals surface area contributed by atoms with Gasteiger partial charge in [0.25, 0.3) is 5.91 Å². The lowest BCUT2D eigenvalue weighted by molar-refractivity contribution is 0.102. The van der Waals surface area contributed by atoms with Gasteiger partial charge in [-0.15, -0.1) is 0 Å². The number of halogens is 4. The lowest BCUT2D eigenvalue weighted by atomic mass is 10.1. The van der Waals surface area contributed by atoms with Gasteiger partial charge in [-0.3, -0.25) is 4.79 Å². The lowest BCUT2D eigenvalue weighted by Crippen LogP contribution is -2.15. The molecular formula is C13H8F4N2O. The molecule has 0 bridgehead atoms. The molecule has 3 N–H and O–H groups in total. The molecule has 0 aliphatic rings. The van der Waals surface area contributed by atoms with E-state index in [1.165, 1.54) is 0 Å². The SMILES string of the molecule is Nc1cc(F)c(F)cc1C(=O)Nc1ccc(F)cc1F. The third-order valence-corrected chi connectivity index (χ3v) is 2.52. The molecule has 0 atom stereocenters. The van der Waals surface area contributed by atoms with Gasteiger partial charge >= 0.3 is 0 Å². The number of nitrogens with two attached hydrogens (primary N) is 1. The summed E-state index contributed by atoms with van der Waals surface area (Å²) >= 11 is 0. The Morgan fingerprint density at radius 1 is 0.950 bits per heavy atom. The number of amides is 1. The smallest absolute Gasteiger partial charge is 0.257 e. The third kappa shape index (κ3) is 2.71. The van der Waals surface area contributed by atoms with Crippen LogP contribution in [0.25, 0.3) is 0 Å². The van der Waals surface area contributed by atoms with E-state index in [9.17, 15) is 22.4 Å². The number of nitrogen functional groups attached to an aromatic ring is 1. The quantitative estimate of drug-likeness (QED) is 0.657. The average molecular weight is 284 g/mol. The normalized spacial score (nSPS) is 10.4. The maximum Gasteiger partial charge on any atom is 0.257 e. The molecule has 0 unspecified atom stereocenters. The Hall–Kier alpha value is -2.57. The van der Waals surface area contributed by atoms with Gasteiger partial charge in [-0.25, -0.2) is 17.6 Å². The van der Waals surface area contributed by atoms with Crippen LogP contribution in [0.15, 0.2) is 30.3 Å². The number of nitrogens with one attached hydrogen (secondary N) is 1. The molecule has 2 rings (SSSR count). The van der Waals surface area contributed by atoms with Crippen LogP contribution in [0.1, 0.15) is 10.4 Å². The molecule has 20 heavy (non-hydrogen) atoms. The van der Waals surface area contributed by atoms with E-state index in [2.05, 4.69) is 5.32 Å². The molecule has 0 radical (unpaired) electrons. The van der Waals surface area contributed by atoms with Crippen LogP contribution in [0.4, 0.5) is 28.9 Å². The summed E-state index contributed by atoms with van der Waals surface area (Å²) in [6, 6.07) is 3.75. The first-order valence-electron chi connectivity index (χ1n) is 5.39. The molecule has 0 saturated heterocycles. The Labute approximate surface area is 111 Å².